The van der Waals surface area contributed by atoms with Gasteiger partial charge in [-0.25, -0.2) is 0 Å². The molecular formula is C9H25N3Si. The molecule has 0 amide bonds. The summed E-state index contributed by atoms with van der Waals surface area (Å²) in [6.07, 6.45) is 1.84. The highest BCUT2D eigenvalue weighted by molar-refractivity contribution is 6.08. The smallest absolute Gasteiger partial charge is 0.0741 e. The van der Waals surface area contributed by atoms with Crippen molar-refractivity contribution < 1.29 is 0 Å². The van der Waals surface area contributed by atoms with Crippen molar-refractivity contribution in [2.75, 3.05) is 41.3 Å². The van der Waals surface area contributed by atoms with E-state index in [0.717, 1.165) is 6.54 Å². The van der Waals surface area contributed by atoms with Crippen molar-refractivity contribution in [3.8, 4) is 0 Å². The molecule has 13 heavy (non-hydrogen) atoms. The van der Waals surface area contributed by atoms with Crippen molar-refractivity contribution in [2.45, 2.75) is 18.6 Å². The van der Waals surface area contributed by atoms with Gasteiger partial charge in [0.15, 0.2) is 0 Å². The van der Waals surface area contributed by atoms with E-state index >= 15 is 0 Å². The minimum Gasteiger partial charge on any atom is -0.314 e. The van der Waals surface area contributed by atoms with Crippen LogP contribution in [0, 0.1) is 0 Å². The highest BCUT2D eigenvalue weighted by Crippen LogP contribution is 1.95. The van der Waals surface area contributed by atoms with Gasteiger partial charge in [-0.2, -0.15) is 0 Å². The van der Waals surface area contributed by atoms with Gasteiger partial charge in [0.1, 0.15) is 0 Å². The van der Waals surface area contributed by atoms with Crippen LogP contribution < -0.4 is 5.32 Å². The van der Waals surface area contributed by atoms with Crippen LogP contribution in [-0.4, -0.2) is 67.5 Å². The zero-order valence-electron chi connectivity index (χ0n) is 9.80. The van der Waals surface area contributed by atoms with Crippen molar-refractivity contribution in [1.29, 1.82) is 0 Å². The molecule has 0 aromatic carbocycles. The van der Waals surface area contributed by atoms with Gasteiger partial charge < -0.3 is 5.32 Å². The molecule has 80 valence electrons. The molecule has 0 bridgehead atoms. The van der Waals surface area contributed by atoms with E-state index in [9.17, 15) is 0 Å². The maximum atomic E-state index is 3.49. The number of likely N-dealkylation sites (N-methyl/N-ethyl adjacent to an activating group) is 2. The number of rotatable bonds is 7. The molecule has 0 atom stereocenters. The fraction of sp³-hybridized carbons (Fsp3) is 1.00. The Labute approximate surface area is 85.9 Å². The molecule has 0 saturated heterocycles. The molecule has 3 nitrogen and oxygen atoms in total. The molecule has 0 aliphatic heterocycles. The van der Waals surface area contributed by atoms with Crippen LogP contribution in [0.1, 0.15) is 6.42 Å². The lowest BCUT2D eigenvalue weighted by atomic mass is 10.4. The van der Waals surface area contributed by atoms with Gasteiger partial charge in [-0.15, -0.1) is 0 Å². The summed E-state index contributed by atoms with van der Waals surface area (Å²) >= 11 is 0. The summed E-state index contributed by atoms with van der Waals surface area (Å²) in [6, 6.07) is 1.40. The number of nitrogens with zero attached hydrogens (tertiary/aromatic N) is 2. The zero-order chi connectivity index (χ0) is 10.3. The quantitative estimate of drug-likeness (QED) is 0.332. The molecule has 0 aromatic rings. The SMILES string of the molecule is CN(C)C(CNCCC[SiH3])N(C)C. The van der Waals surface area contributed by atoms with Crippen LogP contribution in [0.2, 0.25) is 6.04 Å². The van der Waals surface area contributed by atoms with Crippen molar-refractivity contribution in [2.24, 2.45) is 0 Å². The molecule has 1 N–H and O–H groups in total. The van der Waals surface area contributed by atoms with Gasteiger partial charge in [-0.05, 0) is 41.2 Å². The minimum atomic E-state index is 0.508. The second-order valence-electron chi connectivity index (χ2n) is 3.97. The molecule has 0 aliphatic carbocycles. The largest absolute Gasteiger partial charge is 0.314 e. The third-order valence-corrected chi connectivity index (χ3v) is 2.93. The summed E-state index contributed by atoms with van der Waals surface area (Å²) in [6.45, 7) is 2.23. The molecule has 0 aliphatic rings. The highest BCUT2D eigenvalue weighted by atomic mass is 28.1. The van der Waals surface area contributed by atoms with Crippen molar-refractivity contribution in [3.05, 3.63) is 0 Å². The van der Waals surface area contributed by atoms with Gasteiger partial charge in [-0.1, -0.05) is 6.04 Å². The summed E-state index contributed by atoms with van der Waals surface area (Å²) in [5.41, 5.74) is 0. The molecule has 0 spiro atoms. The van der Waals surface area contributed by atoms with E-state index in [1.165, 1.54) is 29.3 Å². The van der Waals surface area contributed by atoms with Crippen LogP contribution in [-0.2, 0) is 0 Å². The van der Waals surface area contributed by atoms with Gasteiger partial charge in [0.05, 0.1) is 6.17 Å². The van der Waals surface area contributed by atoms with Crippen molar-refractivity contribution in [1.82, 2.24) is 15.1 Å². The Morgan fingerprint density at radius 3 is 2.08 bits per heavy atom. The third-order valence-electron chi connectivity index (χ3n) is 2.23. The average molecular weight is 203 g/mol. The van der Waals surface area contributed by atoms with E-state index in [4.69, 9.17) is 0 Å². The Kier molecular flexibility index (Phi) is 7.55. The molecule has 0 unspecified atom stereocenters. The molecule has 0 rings (SSSR count). The van der Waals surface area contributed by atoms with E-state index in [1.54, 1.807) is 0 Å². The second-order valence-corrected chi connectivity index (χ2v) is 4.97. The Morgan fingerprint density at radius 2 is 1.69 bits per heavy atom. The lowest BCUT2D eigenvalue weighted by Crippen LogP contribution is -2.47. The van der Waals surface area contributed by atoms with Gasteiger partial charge >= 0.3 is 0 Å². The Morgan fingerprint density at radius 1 is 1.15 bits per heavy atom. The van der Waals surface area contributed by atoms with Crippen LogP contribution >= 0.6 is 0 Å². The average Bonchev–Trinajstić information content (AvgIpc) is 2.02. The summed E-state index contributed by atoms with van der Waals surface area (Å²) < 4.78 is 0. The Balaban J connectivity index is 3.58. The topological polar surface area (TPSA) is 18.5 Å². The van der Waals surface area contributed by atoms with Gasteiger partial charge in [0.2, 0.25) is 0 Å². The summed E-state index contributed by atoms with van der Waals surface area (Å²) in [4.78, 5) is 4.49. The van der Waals surface area contributed by atoms with E-state index < -0.39 is 0 Å². The van der Waals surface area contributed by atoms with E-state index in [0.29, 0.717) is 6.17 Å². The van der Waals surface area contributed by atoms with Crippen LogP contribution in [0.4, 0.5) is 0 Å². The van der Waals surface area contributed by atoms with Gasteiger partial charge in [0, 0.05) is 16.8 Å². The van der Waals surface area contributed by atoms with E-state index in [2.05, 4.69) is 43.3 Å². The maximum absolute atomic E-state index is 3.49. The van der Waals surface area contributed by atoms with Crippen molar-refractivity contribution >= 4 is 10.2 Å². The van der Waals surface area contributed by atoms with Crippen molar-refractivity contribution in [3.63, 3.8) is 0 Å². The molecule has 0 aromatic heterocycles. The third kappa shape index (κ3) is 6.21. The second kappa shape index (κ2) is 7.50. The molecular weight excluding hydrogens is 178 g/mol. The number of nitrogens with one attached hydrogen (secondary N) is 1. The first-order valence-corrected chi connectivity index (χ1v) is 6.54. The standard InChI is InChI=1S/C9H25N3Si/c1-11(2)9(12(3)4)8-10-6-5-7-13/h9-10H,5-8H2,1-4,13H3. The lowest BCUT2D eigenvalue weighted by molar-refractivity contribution is 0.127. The fourth-order valence-corrected chi connectivity index (χ4v) is 1.71. The number of hydrogen-bond donors (Lipinski definition) is 1. The fourth-order valence-electron chi connectivity index (χ4n) is 1.36. The Hall–Kier alpha value is 0.0969. The molecule has 0 saturated carbocycles. The van der Waals surface area contributed by atoms with E-state index in [1.807, 2.05) is 0 Å². The van der Waals surface area contributed by atoms with E-state index in [-0.39, 0.29) is 0 Å². The van der Waals surface area contributed by atoms with Crippen LogP contribution in [0.5, 0.6) is 0 Å². The minimum absolute atomic E-state index is 0.508. The van der Waals surface area contributed by atoms with Crippen LogP contribution in [0.15, 0.2) is 0 Å². The summed E-state index contributed by atoms with van der Waals surface area (Å²) in [7, 11) is 9.83. The first-order valence-electron chi connectivity index (χ1n) is 5.13. The monoisotopic (exact) mass is 203 g/mol. The molecule has 0 heterocycles. The maximum Gasteiger partial charge on any atom is 0.0741 e. The van der Waals surface area contributed by atoms with Crippen LogP contribution in [0.3, 0.4) is 0 Å². The molecule has 0 radical (unpaired) electrons. The molecule has 4 heteroatoms. The summed E-state index contributed by atoms with van der Waals surface area (Å²) in [5, 5.41) is 3.49. The lowest BCUT2D eigenvalue weighted by Gasteiger charge is -2.30. The molecule has 0 fully saturated rings. The van der Waals surface area contributed by atoms with Gasteiger partial charge in [0.25, 0.3) is 0 Å². The predicted molar refractivity (Wildman–Crippen MR) is 63.4 cm³/mol. The zero-order valence-corrected chi connectivity index (χ0v) is 11.8. The predicted octanol–water partition coefficient (Wildman–Crippen LogP) is -0.801. The Bertz CT molecular complexity index is 109. The summed E-state index contributed by atoms with van der Waals surface area (Å²) in [5.74, 6) is 0. The first-order chi connectivity index (χ1) is 6.09. The van der Waals surface area contributed by atoms with Crippen LogP contribution in [0.25, 0.3) is 0 Å². The first kappa shape index (κ1) is 13.1. The number of hydrogen-bond acceptors (Lipinski definition) is 3. The highest BCUT2D eigenvalue weighted by Gasteiger charge is 2.11. The van der Waals surface area contributed by atoms with Gasteiger partial charge in [-0.3, -0.25) is 9.80 Å². The normalized spacial score (nSPS) is 12.2.